The highest BCUT2D eigenvalue weighted by atomic mass is 16.5. The maximum absolute atomic E-state index is 13.2. The van der Waals surface area contributed by atoms with Gasteiger partial charge in [0.1, 0.15) is 17.1 Å². The van der Waals surface area contributed by atoms with Crippen molar-refractivity contribution < 1.29 is 9.53 Å². The number of urea groups is 1. The lowest BCUT2D eigenvalue weighted by atomic mass is 10.1. The van der Waals surface area contributed by atoms with Gasteiger partial charge in [0.05, 0.1) is 23.3 Å². The van der Waals surface area contributed by atoms with Crippen molar-refractivity contribution in [2.75, 3.05) is 10.6 Å². The van der Waals surface area contributed by atoms with E-state index >= 15 is 0 Å². The molecule has 41 heavy (non-hydrogen) atoms. The van der Waals surface area contributed by atoms with Crippen LogP contribution in [-0.4, -0.2) is 30.8 Å². The van der Waals surface area contributed by atoms with Crippen LogP contribution in [0.5, 0.6) is 11.5 Å². The number of rotatable bonds is 8. The van der Waals surface area contributed by atoms with E-state index in [2.05, 4.69) is 32.5 Å². The molecule has 0 radical (unpaired) electrons. The van der Waals surface area contributed by atoms with E-state index < -0.39 is 6.03 Å². The second kappa shape index (κ2) is 11.3. The highest BCUT2D eigenvalue weighted by Crippen LogP contribution is 2.35. The molecule has 0 saturated carbocycles. The van der Waals surface area contributed by atoms with Crippen molar-refractivity contribution in [2.45, 2.75) is 26.2 Å². The van der Waals surface area contributed by atoms with Crippen molar-refractivity contribution in [3.05, 3.63) is 107 Å². The number of hydrogen-bond acceptors (Lipinski definition) is 6. The number of anilines is 2. The largest absolute Gasteiger partial charge is 0.454 e. The zero-order chi connectivity index (χ0) is 28.2. The minimum atomic E-state index is -0.392. The number of unbranched alkanes of at least 4 members (excludes halogenated alkanes) is 1. The number of aryl methyl sites for hydroxylation is 1. The Balaban J connectivity index is 1.28. The number of carbonyl (C=O) groups excluding carboxylic acids is 1. The Morgan fingerprint density at radius 1 is 0.927 bits per heavy atom. The highest BCUT2D eigenvalue weighted by Gasteiger charge is 2.15. The van der Waals surface area contributed by atoms with E-state index in [1.54, 1.807) is 29.1 Å². The van der Waals surface area contributed by atoms with Crippen LogP contribution < -0.4 is 20.9 Å². The number of pyridine rings is 1. The summed E-state index contributed by atoms with van der Waals surface area (Å²) in [5.41, 5.74) is 2.82. The SMILES string of the molecule is CCCCc1cc(NC(=O)Nc2ccc(Oc3ccnc4[nH]c(=O)cnc34)c3ccccc23)n(-c2ccccc2)n1. The van der Waals surface area contributed by atoms with Crippen LogP contribution in [0.1, 0.15) is 25.5 Å². The molecule has 6 rings (SSSR count). The lowest BCUT2D eigenvalue weighted by molar-refractivity contribution is 0.262. The number of carbonyl (C=O) groups is 1. The summed E-state index contributed by atoms with van der Waals surface area (Å²) in [6.07, 6.45) is 5.64. The van der Waals surface area contributed by atoms with Crippen LogP contribution in [0.2, 0.25) is 0 Å². The standard InChI is InChI=1S/C31H27N7O3/c1-2-3-9-20-18-27(38(37-20)21-10-5-4-6-11-21)35-31(40)34-24-14-15-25(23-13-8-7-12-22(23)24)41-26-16-17-32-30-29(26)33-19-28(39)36-30/h4-8,10-19H,2-3,9H2,1H3,(H,32,36,39)(H2,34,35,40). The molecule has 3 heterocycles. The van der Waals surface area contributed by atoms with E-state index in [-0.39, 0.29) is 5.56 Å². The van der Waals surface area contributed by atoms with Gasteiger partial charge in [-0.05, 0) is 37.1 Å². The summed E-state index contributed by atoms with van der Waals surface area (Å²) in [5, 5.41) is 12.3. The summed E-state index contributed by atoms with van der Waals surface area (Å²) in [5.74, 6) is 1.59. The van der Waals surface area contributed by atoms with Gasteiger partial charge in [-0.25, -0.2) is 19.4 Å². The first-order valence-corrected chi connectivity index (χ1v) is 13.3. The van der Waals surface area contributed by atoms with Crippen molar-refractivity contribution in [1.29, 1.82) is 0 Å². The molecule has 0 fully saturated rings. The van der Waals surface area contributed by atoms with Gasteiger partial charge in [-0.1, -0.05) is 55.8 Å². The predicted octanol–water partition coefficient (Wildman–Crippen LogP) is 6.44. The Morgan fingerprint density at radius 3 is 2.56 bits per heavy atom. The van der Waals surface area contributed by atoms with Gasteiger partial charge in [0.25, 0.3) is 5.56 Å². The van der Waals surface area contributed by atoms with Gasteiger partial charge in [0.2, 0.25) is 0 Å². The van der Waals surface area contributed by atoms with Gasteiger partial charge >= 0.3 is 6.03 Å². The molecular weight excluding hydrogens is 518 g/mol. The highest BCUT2D eigenvalue weighted by molar-refractivity contribution is 6.07. The molecular formula is C31H27N7O3. The van der Waals surface area contributed by atoms with Crippen LogP contribution in [0.3, 0.4) is 0 Å². The molecule has 2 amide bonds. The number of nitrogens with zero attached hydrogens (tertiary/aromatic N) is 4. The second-order valence-corrected chi connectivity index (χ2v) is 9.46. The number of para-hydroxylation sites is 1. The molecule has 0 aliphatic heterocycles. The van der Waals surface area contributed by atoms with E-state index in [0.29, 0.717) is 34.2 Å². The number of fused-ring (bicyclic) bond motifs is 2. The molecule has 10 heteroatoms. The van der Waals surface area contributed by atoms with Crippen molar-refractivity contribution in [3.63, 3.8) is 0 Å². The number of hydrogen-bond donors (Lipinski definition) is 3. The minimum Gasteiger partial charge on any atom is -0.454 e. The fourth-order valence-corrected chi connectivity index (χ4v) is 4.63. The topological polar surface area (TPSA) is 127 Å². The fraction of sp³-hybridized carbons (Fsp3) is 0.129. The van der Waals surface area contributed by atoms with Crippen LogP contribution in [0.25, 0.3) is 27.6 Å². The number of aromatic amines is 1. The van der Waals surface area contributed by atoms with E-state index in [0.717, 1.165) is 41.4 Å². The van der Waals surface area contributed by atoms with Crippen molar-refractivity contribution in [1.82, 2.24) is 24.7 Å². The van der Waals surface area contributed by atoms with E-state index in [1.165, 1.54) is 6.20 Å². The van der Waals surface area contributed by atoms with Crippen molar-refractivity contribution in [2.24, 2.45) is 0 Å². The molecule has 3 N–H and O–H groups in total. The van der Waals surface area contributed by atoms with Gasteiger partial charge < -0.3 is 15.0 Å². The van der Waals surface area contributed by atoms with Crippen molar-refractivity contribution in [3.8, 4) is 17.2 Å². The number of H-pyrrole nitrogens is 1. The van der Waals surface area contributed by atoms with E-state index in [9.17, 15) is 9.59 Å². The molecule has 0 aliphatic carbocycles. The van der Waals surface area contributed by atoms with E-state index in [4.69, 9.17) is 9.84 Å². The van der Waals surface area contributed by atoms with Crippen LogP contribution in [0.4, 0.5) is 16.3 Å². The summed E-state index contributed by atoms with van der Waals surface area (Å²) in [6, 6.07) is 24.1. The van der Waals surface area contributed by atoms with Gasteiger partial charge in [-0.3, -0.25) is 10.1 Å². The fourth-order valence-electron chi connectivity index (χ4n) is 4.63. The monoisotopic (exact) mass is 545 g/mol. The Hall–Kier alpha value is -5.51. The van der Waals surface area contributed by atoms with Crippen LogP contribution in [0.15, 0.2) is 96.1 Å². The average Bonchev–Trinajstić information content (AvgIpc) is 3.40. The predicted molar refractivity (Wildman–Crippen MR) is 159 cm³/mol. The number of nitrogens with one attached hydrogen (secondary N) is 3. The lowest BCUT2D eigenvalue weighted by Gasteiger charge is -2.14. The zero-order valence-electron chi connectivity index (χ0n) is 22.3. The summed E-state index contributed by atoms with van der Waals surface area (Å²) >= 11 is 0. The number of amides is 2. The molecule has 6 aromatic rings. The molecule has 0 aliphatic rings. The third kappa shape index (κ3) is 5.48. The van der Waals surface area contributed by atoms with Gasteiger partial charge in [-0.2, -0.15) is 5.10 Å². The Kier molecular flexibility index (Phi) is 7.10. The van der Waals surface area contributed by atoms with Gasteiger partial charge in [-0.15, -0.1) is 0 Å². The first-order valence-electron chi connectivity index (χ1n) is 13.3. The van der Waals surface area contributed by atoms with Crippen LogP contribution >= 0.6 is 0 Å². The smallest absolute Gasteiger partial charge is 0.324 e. The quantitative estimate of drug-likeness (QED) is 0.202. The molecule has 0 saturated heterocycles. The molecule has 10 nitrogen and oxygen atoms in total. The maximum atomic E-state index is 13.2. The molecule has 3 aromatic carbocycles. The molecule has 0 bridgehead atoms. The minimum absolute atomic E-state index is 0.335. The zero-order valence-corrected chi connectivity index (χ0v) is 22.3. The van der Waals surface area contributed by atoms with E-state index in [1.807, 2.05) is 60.7 Å². The Morgan fingerprint density at radius 2 is 1.73 bits per heavy atom. The third-order valence-corrected chi connectivity index (χ3v) is 6.58. The van der Waals surface area contributed by atoms with Gasteiger partial charge in [0, 0.05) is 29.1 Å². The summed E-state index contributed by atoms with van der Waals surface area (Å²) < 4.78 is 7.99. The molecule has 0 unspecified atom stereocenters. The average molecular weight is 546 g/mol. The normalized spacial score (nSPS) is 11.0. The van der Waals surface area contributed by atoms with Crippen LogP contribution in [0, 0.1) is 0 Å². The molecule has 0 atom stereocenters. The Bertz CT molecular complexity index is 1910. The molecule has 3 aromatic heterocycles. The molecule has 204 valence electrons. The number of aromatic nitrogens is 5. The first-order chi connectivity index (χ1) is 20.1. The van der Waals surface area contributed by atoms with Crippen molar-refractivity contribution >= 4 is 39.5 Å². The lowest BCUT2D eigenvalue weighted by Crippen LogP contribution is -2.21. The third-order valence-electron chi connectivity index (χ3n) is 6.58. The summed E-state index contributed by atoms with van der Waals surface area (Å²) in [7, 11) is 0. The van der Waals surface area contributed by atoms with Gasteiger partial charge in [0.15, 0.2) is 11.4 Å². The molecule has 0 spiro atoms. The maximum Gasteiger partial charge on any atom is 0.324 e. The summed E-state index contributed by atoms with van der Waals surface area (Å²) in [6.45, 7) is 2.14. The Labute approximate surface area is 235 Å². The van der Waals surface area contributed by atoms with Crippen LogP contribution in [-0.2, 0) is 6.42 Å². The second-order valence-electron chi connectivity index (χ2n) is 9.46. The number of benzene rings is 3. The first kappa shape index (κ1) is 25.8. The number of ether oxygens (including phenoxy) is 1. The summed E-state index contributed by atoms with van der Waals surface area (Å²) in [4.78, 5) is 35.9.